The van der Waals surface area contributed by atoms with Crippen molar-refractivity contribution in [1.82, 2.24) is 0 Å². The molecule has 0 saturated carbocycles. The highest BCUT2D eigenvalue weighted by molar-refractivity contribution is 4.71. The molecule has 0 aromatic heterocycles. The molecule has 0 aliphatic heterocycles. The summed E-state index contributed by atoms with van der Waals surface area (Å²) >= 11 is 0. The molecule has 0 aliphatic carbocycles. The van der Waals surface area contributed by atoms with Crippen molar-refractivity contribution < 1.29 is 9.84 Å². The Balaban J connectivity index is 3.35. The van der Waals surface area contributed by atoms with Gasteiger partial charge >= 0.3 is 0 Å². The van der Waals surface area contributed by atoms with Crippen LogP contribution in [0.3, 0.4) is 0 Å². The molecule has 0 spiro atoms. The zero-order valence-electron chi connectivity index (χ0n) is 10.0. The van der Waals surface area contributed by atoms with Gasteiger partial charge < -0.3 is 9.84 Å². The molecule has 0 amide bonds. The maximum absolute atomic E-state index is 9.88. The van der Waals surface area contributed by atoms with Crippen LogP contribution in [0.4, 0.5) is 0 Å². The molecule has 2 heteroatoms. The minimum Gasteiger partial charge on any atom is -0.388 e. The highest BCUT2D eigenvalue weighted by Gasteiger charge is 2.19. The maximum atomic E-state index is 9.88. The highest BCUT2D eigenvalue weighted by atomic mass is 16.5. The molecule has 1 atom stereocenters. The Hall–Kier alpha value is -0.0800. The van der Waals surface area contributed by atoms with Gasteiger partial charge in [0.2, 0.25) is 0 Å². The van der Waals surface area contributed by atoms with E-state index in [0.717, 1.165) is 12.8 Å². The van der Waals surface area contributed by atoms with E-state index in [2.05, 4.69) is 6.92 Å². The summed E-state index contributed by atoms with van der Waals surface area (Å²) in [6.45, 7) is 7.19. The van der Waals surface area contributed by atoms with Gasteiger partial charge in [0, 0.05) is 6.61 Å². The number of hydrogen-bond donors (Lipinski definition) is 1. The van der Waals surface area contributed by atoms with Crippen LogP contribution in [0.15, 0.2) is 0 Å². The topological polar surface area (TPSA) is 29.5 Å². The smallest absolute Gasteiger partial charge is 0.0852 e. The van der Waals surface area contributed by atoms with Crippen molar-refractivity contribution in [2.24, 2.45) is 0 Å². The van der Waals surface area contributed by atoms with Gasteiger partial charge in [-0.2, -0.15) is 0 Å². The molecule has 1 unspecified atom stereocenters. The molecular weight excluding hydrogens is 176 g/mol. The summed E-state index contributed by atoms with van der Waals surface area (Å²) in [5, 5.41) is 9.88. The van der Waals surface area contributed by atoms with Gasteiger partial charge in [-0.05, 0) is 20.3 Å². The van der Waals surface area contributed by atoms with Crippen molar-refractivity contribution in [3.8, 4) is 0 Å². The monoisotopic (exact) mass is 202 g/mol. The third-order valence-corrected chi connectivity index (χ3v) is 2.44. The first-order valence-electron chi connectivity index (χ1n) is 5.92. The first kappa shape index (κ1) is 13.9. The van der Waals surface area contributed by atoms with E-state index < -0.39 is 5.60 Å². The second-order valence-corrected chi connectivity index (χ2v) is 4.30. The van der Waals surface area contributed by atoms with Gasteiger partial charge in [0.25, 0.3) is 0 Å². The lowest BCUT2D eigenvalue weighted by Crippen LogP contribution is -2.30. The van der Waals surface area contributed by atoms with Crippen molar-refractivity contribution in [3.05, 3.63) is 0 Å². The zero-order valence-corrected chi connectivity index (χ0v) is 10.0. The zero-order chi connectivity index (χ0) is 10.9. The molecule has 86 valence electrons. The summed E-state index contributed by atoms with van der Waals surface area (Å²) in [4.78, 5) is 0. The van der Waals surface area contributed by atoms with Gasteiger partial charge in [0.1, 0.15) is 0 Å². The van der Waals surface area contributed by atoms with Gasteiger partial charge in [-0.1, -0.05) is 39.0 Å². The second-order valence-electron chi connectivity index (χ2n) is 4.30. The second kappa shape index (κ2) is 8.25. The van der Waals surface area contributed by atoms with E-state index in [1.807, 2.05) is 13.8 Å². The van der Waals surface area contributed by atoms with Gasteiger partial charge in [0.15, 0.2) is 0 Å². The predicted molar refractivity (Wildman–Crippen MR) is 60.5 cm³/mol. The van der Waals surface area contributed by atoms with Crippen LogP contribution < -0.4 is 0 Å². The van der Waals surface area contributed by atoms with Crippen molar-refractivity contribution in [2.75, 3.05) is 13.2 Å². The number of aliphatic hydroxyl groups is 1. The first-order chi connectivity index (χ1) is 6.62. The lowest BCUT2D eigenvalue weighted by atomic mass is 9.99. The molecule has 0 aromatic rings. The van der Waals surface area contributed by atoms with Crippen LogP contribution in [0.5, 0.6) is 0 Å². The van der Waals surface area contributed by atoms with Crippen LogP contribution in [0.25, 0.3) is 0 Å². The molecule has 0 bridgehead atoms. The average molecular weight is 202 g/mol. The summed E-state index contributed by atoms with van der Waals surface area (Å²) in [5.74, 6) is 0. The maximum Gasteiger partial charge on any atom is 0.0852 e. The first-order valence-corrected chi connectivity index (χ1v) is 5.92. The van der Waals surface area contributed by atoms with E-state index in [4.69, 9.17) is 4.74 Å². The summed E-state index contributed by atoms with van der Waals surface area (Å²) in [7, 11) is 0. The molecular formula is C12H26O2. The van der Waals surface area contributed by atoms with Crippen LogP contribution in [0, 0.1) is 0 Å². The number of rotatable bonds is 9. The lowest BCUT2D eigenvalue weighted by molar-refractivity contribution is -0.0369. The van der Waals surface area contributed by atoms with E-state index in [0.29, 0.717) is 13.2 Å². The van der Waals surface area contributed by atoms with Crippen molar-refractivity contribution >= 4 is 0 Å². The quantitative estimate of drug-likeness (QED) is 0.582. The molecule has 2 nitrogen and oxygen atoms in total. The molecule has 0 heterocycles. The number of unbranched alkanes of at least 4 members (excludes halogenated alkanes) is 4. The lowest BCUT2D eigenvalue weighted by Gasteiger charge is -2.22. The fraction of sp³-hybridized carbons (Fsp3) is 1.00. The SMILES string of the molecule is CCCCCCCC(C)(O)COCC. The normalized spacial score (nSPS) is 15.4. The summed E-state index contributed by atoms with van der Waals surface area (Å²) < 4.78 is 5.23. The van der Waals surface area contributed by atoms with E-state index in [1.54, 1.807) is 0 Å². The molecule has 0 aliphatic rings. The highest BCUT2D eigenvalue weighted by Crippen LogP contribution is 2.15. The van der Waals surface area contributed by atoms with E-state index in [9.17, 15) is 5.11 Å². The van der Waals surface area contributed by atoms with Gasteiger partial charge in [-0.15, -0.1) is 0 Å². The third kappa shape index (κ3) is 8.52. The fourth-order valence-electron chi connectivity index (χ4n) is 1.50. The Morgan fingerprint density at radius 3 is 2.29 bits per heavy atom. The van der Waals surface area contributed by atoms with Crippen molar-refractivity contribution in [2.45, 2.75) is 64.9 Å². The van der Waals surface area contributed by atoms with Crippen LogP contribution in [0.2, 0.25) is 0 Å². The summed E-state index contributed by atoms with van der Waals surface area (Å²) in [5.41, 5.74) is -0.623. The number of ether oxygens (including phenoxy) is 1. The molecule has 1 N–H and O–H groups in total. The molecule has 0 aromatic carbocycles. The Bertz CT molecular complexity index is 121. The van der Waals surface area contributed by atoms with E-state index in [1.165, 1.54) is 25.7 Å². The Labute approximate surface area is 88.7 Å². The van der Waals surface area contributed by atoms with E-state index in [-0.39, 0.29) is 0 Å². The molecule has 0 radical (unpaired) electrons. The predicted octanol–water partition coefficient (Wildman–Crippen LogP) is 3.13. The van der Waals surface area contributed by atoms with Crippen LogP contribution in [0.1, 0.15) is 59.3 Å². The largest absolute Gasteiger partial charge is 0.388 e. The molecule has 0 fully saturated rings. The summed E-state index contributed by atoms with van der Waals surface area (Å²) in [6, 6.07) is 0. The Kier molecular flexibility index (Phi) is 8.20. The molecule has 14 heavy (non-hydrogen) atoms. The minimum absolute atomic E-state index is 0.470. The van der Waals surface area contributed by atoms with E-state index >= 15 is 0 Å². The summed E-state index contributed by atoms with van der Waals surface area (Å²) in [6.07, 6.45) is 7.08. The van der Waals surface area contributed by atoms with Crippen molar-refractivity contribution in [3.63, 3.8) is 0 Å². The average Bonchev–Trinajstić information content (AvgIpc) is 2.15. The van der Waals surface area contributed by atoms with Gasteiger partial charge in [-0.25, -0.2) is 0 Å². The van der Waals surface area contributed by atoms with Crippen LogP contribution in [-0.2, 0) is 4.74 Å². The Morgan fingerprint density at radius 2 is 1.71 bits per heavy atom. The molecule has 0 saturated heterocycles. The minimum atomic E-state index is -0.623. The number of hydrogen-bond acceptors (Lipinski definition) is 2. The van der Waals surface area contributed by atoms with Crippen molar-refractivity contribution in [1.29, 1.82) is 0 Å². The van der Waals surface area contributed by atoms with Crippen LogP contribution in [-0.4, -0.2) is 23.9 Å². The van der Waals surface area contributed by atoms with Gasteiger partial charge in [0.05, 0.1) is 12.2 Å². The van der Waals surface area contributed by atoms with Gasteiger partial charge in [-0.3, -0.25) is 0 Å². The fourth-order valence-corrected chi connectivity index (χ4v) is 1.50. The Morgan fingerprint density at radius 1 is 1.07 bits per heavy atom. The third-order valence-electron chi connectivity index (χ3n) is 2.44. The van der Waals surface area contributed by atoms with Crippen LogP contribution >= 0.6 is 0 Å². The standard InChI is InChI=1S/C12H26O2/c1-4-6-7-8-9-10-12(3,13)11-14-5-2/h13H,4-11H2,1-3H3. The molecule has 0 rings (SSSR count).